The number of carbonyl (C=O) groups is 1. The van der Waals surface area contributed by atoms with Gasteiger partial charge in [-0.3, -0.25) is 4.79 Å². The molecule has 4 heterocycles. The number of sulfone groups is 1. The van der Waals surface area contributed by atoms with Gasteiger partial charge < -0.3 is 20.6 Å². The van der Waals surface area contributed by atoms with Crippen molar-refractivity contribution in [3.63, 3.8) is 0 Å². The molecular formula is C24H24N4O4S2. The number of anilines is 1. The van der Waals surface area contributed by atoms with Gasteiger partial charge in [0, 0.05) is 29.5 Å². The Bertz CT molecular complexity index is 1440. The van der Waals surface area contributed by atoms with Crippen LogP contribution in [0, 0.1) is 13.5 Å². The number of nitrogens with two attached hydrogens (primary N) is 1. The standard InChI is InChI=1S/C24H24N4O4S2/c1-14-3-6-18-20(25)21(33-23(18)27-14)22(29)28-17-11-15-4-5-16(12-19(15)32-13-17)24(26-2)7-9-34(30,31)10-8-24/h3-6,12,17H,7-11,13,25H2,1H3,(H,28,29)/t17-/m1/s1. The maximum absolute atomic E-state index is 12.9. The van der Waals surface area contributed by atoms with Crippen LogP contribution < -0.4 is 15.8 Å². The number of nitrogen functional groups attached to an aromatic ring is 1. The molecule has 8 nitrogen and oxygen atoms in total. The minimum Gasteiger partial charge on any atom is -0.491 e. The summed E-state index contributed by atoms with van der Waals surface area (Å²) in [5, 5.41) is 3.80. The first-order valence-electron chi connectivity index (χ1n) is 11.0. The van der Waals surface area contributed by atoms with Crippen LogP contribution in [0.5, 0.6) is 5.75 Å². The second kappa shape index (κ2) is 8.25. The lowest BCUT2D eigenvalue weighted by Gasteiger charge is -2.29. The van der Waals surface area contributed by atoms with Crippen LogP contribution in [0.2, 0.25) is 0 Å². The lowest BCUT2D eigenvalue weighted by atomic mass is 9.84. The number of hydrogen-bond donors (Lipinski definition) is 2. The third kappa shape index (κ3) is 3.99. The van der Waals surface area contributed by atoms with E-state index in [4.69, 9.17) is 17.0 Å². The van der Waals surface area contributed by atoms with E-state index in [1.54, 1.807) is 0 Å². The molecule has 1 saturated heterocycles. The Morgan fingerprint density at radius 3 is 2.79 bits per heavy atom. The number of thiophene rings is 1. The molecule has 1 aromatic carbocycles. The minimum atomic E-state index is -3.07. The van der Waals surface area contributed by atoms with Crippen molar-refractivity contribution >= 4 is 43.0 Å². The van der Waals surface area contributed by atoms with E-state index in [2.05, 4.69) is 15.1 Å². The number of nitrogens with one attached hydrogen (secondary N) is 1. The third-order valence-corrected chi connectivity index (χ3v) is 9.42. The van der Waals surface area contributed by atoms with E-state index in [1.165, 1.54) is 11.3 Å². The van der Waals surface area contributed by atoms with E-state index in [1.807, 2.05) is 37.3 Å². The van der Waals surface area contributed by atoms with Gasteiger partial charge in [-0.05, 0) is 37.1 Å². The highest BCUT2D eigenvalue weighted by atomic mass is 32.2. The quantitative estimate of drug-likeness (QED) is 0.538. The number of benzene rings is 1. The highest BCUT2D eigenvalue weighted by Gasteiger charge is 2.45. The predicted octanol–water partition coefficient (Wildman–Crippen LogP) is 3.24. The summed E-state index contributed by atoms with van der Waals surface area (Å²) >= 11 is 1.28. The van der Waals surface area contributed by atoms with E-state index in [0.717, 1.165) is 27.0 Å². The summed E-state index contributed by atoms with van der Waals surface area (Å²) in [6.07, 6.45) is 1.17. The summed E-state index contributed by atoms with van der Waals surface area (Å²) in [4.78, 5) is 22.4. The minimum absolute atomic E-state index is 0.0252. The van der Waals surface area contributed by atoms with Crippen LogP contribution >= 0.6 is 11.3 Å². The second-order valence-corrected chi connectivity index (χ2v) is 12.3. The topological polar surface area (TPSA) is 116 Å². The fraction of sp³-hybridized carbons (Fsp3) is 0.375. The Hall–Kier alpha value is -3.16. The van der Waals surface area contributed by atoms with Crippen LogP contribution in [0.3, 0.4) is 0 Å². The van der Waals surface area contributed by atoms with E-state index < -0.39 is 15.4 Å². The first-order valence-corrected chi connectivity index (χ1v) is 13.7. The highest BCUT2D eigenvalue weighted by molar-refractivity contribution is 7.91. The van der Waals surface area contributed by atoms with Crippen molar-refractivity contribution in [1.29, 1.82) is 0 Å². The molecule has 1 atom stereocenters. The Morgan fingerprint density at radius 2 is 2.06 bits per heavy atom. The Labute approximate surface area is 201 Å². The first-order chi connectivity index (χ1) is 16.2. The predicted molar refractivity (Wildman–Crippen MR) is 132 cm³/mol. The lowest BCUT2D eigenvalue weighted by molar-refractivity contribution is 0.0920. The monoisotopic (exact) mass is 496 g/mol. The zero-order valence-corrected chi connectivity index (χ0v) is 20.3. The molecule has 0 bridgehead atoms. The maximum atomic E-state index is 12.9. The van der Waals surface area contributed by atoms with Crippen LogP contribution in [0.4, 0.5) is 5.69 Å². The summed E-state index contributed by atoms with van der Waals surface area (Å²) in [7, 11) is -3.07. The van der Waals surface area contributed by atoms with Crippen molar-refractivity contribution in [2.75, 3.05) is 23.8 Å². The molecule has 1 fully saturated rings. The molecule has 5 rings (SSSR count). The SMILES string of the molecule is [C-]#[N+]C1(c2ccc3c(c2)OC[C@H](NC(=O)c2sc4nc(C)ccc4c2N)C3)CCS(=O)(=O)CC1. The zero-order chi connectivity index (χ0) is 24.1. The van der Waals surface area contributed by atoms with Crippen LogP contribution in [-0.2, 0) is 21.8 Å². The van der Waals surface area contributed by atoms with E-state index in [9.17, 15) is 13.2 Å². The van der Waals surface area contributed by atoms with Crippen LogP contribution in [0.1, 0.15) is 39.3 Å². The number of nitrogens with zero attached hydrogens (tertiary/aromatic N) is 2. The molecule has 0 radical (unpaired) electrons. The summed E-state index contributed by atoms with van der Waals surface area (Å²) in [5.74, 6) is 0.483. The number of amides is 1. The van der Waals surface area contributed by atoms with Gasteiger partial charge in [0.1, 0.15) is 22.1 Å². The normalized spacial score (nSPS) is 20.6. The number of carbonyl (C=O) groups excluding carboxylic acids is 1. The number of aromatic nitrogens is 1. The number of hydrogen-bond acceptors (Lipinski definition) is 7. The number of rotatable bonds is 3. The fourth-order valence-corrected chi connectivity index (χ4v) is 7.15. The van der Waals surface area contributed by atoms with Gasteiger partial charge in [-0.15, -0.1) is 11.3 Å². The molecular weight excluding hydrogens is 472 g/mol. The average molecular weight is 497 g/mol. The van der Waals surface area contributed by atoms with Gasteiger partial charge in [-0.2, -0.15) is 0 Å². The molecule has 10 heteroatoms. The molecule has 0 saturated carbocycles. The summed E-state index contributed by atoms with van der Waals surface area (Å²) in [5.41, 5.74) is 8.41. The molecule has 1 amide bonds. The number of aryl methyl sites for hydroxylation is 1. The molecule has 176 valence electrons. The number of pyridine rings is 1. The van der Waals surface area contributed by atoms with E-state index in [-0.39, 0.29) is 23.5 Å². The van der Waals surface area contributed by atoms with E-state index in [0.29, 0.717) is 42.2 Å². The Morgan fingerprint density at radius 1 is 1.29 bits per heavy atom. The zero-order valence-electron chi connectivity index (χ0n) is 18.6. The van der Waals surface area contributed by atoms with Crippen LogP contribution in [-0.4, -0.2) is 43.5 Å². The van der Waals surface area contributed by atoms with Crippen LogP contribution in [0.15, 0.2) is 30.3 Å². The van der Waals surface area contributed by atoms with Gasteiger partial charge in [0.2, 0.25) is 0 Å². The largest absolute Gasteiger partial charge is 0.491 e. The van der Waals surface area contributed by atoms with Gasteiger partial charge in [0.25, 0.3) is 11.4 Å². The molecule has 2 aliphatic rings. The lowest BCUT2D eigenvalue weighted by Crippen LogP contribution is -2.42. The van der Waals surface area contributed by atoms with Crippen molar-refractivity contribution in [2.24, 2.45) is 0 Å². The van der Waals surface area contributed by atoms with Gasteiger partial charge >= 0.3 is 0 Å². The molecule has 0 aliphatic carbocycles. The van der Waals surface area contributed by atoms with Gasteiger partial charge in [-0.25, -0.2) is 20.0 Å². The summed E-state index contributed by atoms with van der Waals surface area (Å²) in [6.45, 7) is 9.93. The summed E-state index contributed by atoms with van der Waals surface area (Å²) in [6, 6.07) is 9.20. The van der Waals surface area contributed by atoms with Crippen molar-refractivity contribution in [2.45, 2.75) is 37.8 Å². The van der Waals surface area contributed by atoms with Crippen molar-refractivity contribution in [3.05, 3.63) is 63.4 Å². The van der Waals surface area contributed by atoms with Gasteiger partial charge in [0.05, 0.1) is 23.2 Å². The fourth-order valence-electron chi connectivity index (χ4n) is 4.60. The van der Waals surface area contributed by atoms with Crippen molar-refractivity contribution < 1.29 is 17.9 Å². The molecule has 34 heavy (non-hydrogen) atoms. The molecule has 0 unspecified atom stereocenters. The van der Waals surface area contributed by atoms with E-state index >= 15 is 0 Å². The van der Waals surface area contributed by atoms with Crippen molar-refractivity contribution in [3.8, 4) is 5.75 Å². The highest BCUT2D eigenvalue weighted by Crippen LogP contribution is 2.41. The molecule has 2 aromatic heterocycles. The molecule has 3 aromatic rings. The number of fused-ring (bicyclic) bond motifs is 2. The third-order valence-electron chi connectivity index (χ3n) is 6.65. The summed E-state index contributed by atoms with van der Waals surface area (Å²) < 4.78 is 29.7. The van der Waals surface area contributed by atoms with Gasteiger partial charge in [-0.1, -0.05) is 12.1 Å². The van der Waals surface area contributed by atoms with Crippen LogP contribution in [0.25, 0.3) is 15.1 Å². The first kappa shape index (κ1) is 22.6. The molecule has 3 N–H and O–H groups in total. The average Bonchev–Trinajstić information content (AvgIpc) is 3.15. The molecule has 0 spiro atoms. The Kier molecular flexibility index (Phi) is 5.49. The maximum Gasteiger partial charge on any atom is 0.263 e. The number of ether oxygens (including phenoxy) is 1. The smallest absolute Gasteiger partial charge is 0.263 e. The second-order valence-electron chi connectivity index (χ2n) is 8.95. The molecule has 2 aliphatic heterocycles. The van der Waals surface area contributed by atoms with Gasteiger partial charge in [0.15, 0.2) is 9.84 Å². The van der Waals surface area contributed by atoms with Crippen molar-refractivity contribution in [1.82, 2.24) is 10.3 Å². The Balaban J connectivity index is 1.32.